The minimum atomic E-state index is -0.539. The number of likely N-dealkylation sites (tertiary alicyclic amines) is 1. The summed E-state index contributed by atoms with van der Waals surface area (Å²) in [6, 6.07) is -0.284. The molecule has 2 atom stereocenters. The van der Waals surface area contributed by atoms with Crippen molar-refractivity contribution in [3.8, 4) is 0 Å². The molecule has 2 unspecified atom stereocenters. The Kier molecular flexibility index (Phi) is 4.53. The number of aryl methyl sites for hydroxylation is 1. The third-order valence-corrected chi connectivity index (χ3v) is 5.33. The molecular formula is C17H25N5O3. The summed E-state index contributed by atoms with van der Waals surface area (Å²) < 4.78 is 3.98. The zero-order valence-electron chi connectivity index (χ0n) is 15.2. The smallest absolute Gasteiger partial charge is 0.332 e. The highest BCUT2D eigenvalue weighted by Crippen LogP contribution is 2.24. The van der Waals surface area contributed by atoms with E-state index < -0.39 is 17.3 Å². The van der Waals surface area contributed by atoms with E-state index in [9.17, 15) is 14.4 Å². The molecule has 2 aromatic heterocycles. The van der Waals surface area contributed by atoms with Crippen LogP contribution in [-0.2, 0) is 18.9 Å². The van der Waals surface area contributed by atoms with Crippen LogP contribution in [-0.4, -0.2) is 42.1 Å². The molecule has 0 saturated carbocycles. The molecule has 25 heavy (non-hydrogen) atoms. The van der Waals surface area contributed by atoms with Crippen molar-refractivity contribution in [1.82, 2.24) is 23.6 Å². The first-order valence-electron chi connectivity index (χ1n) is 8.81. The third kappa shape index (κ3) is 2.69. The van der Waals surface area contributed by atoms with Crippen LogP contribution in [0.4, 0.5) is 0 Å². The molecule has 8 nitrogen and oxygen atoms in total. The Hall–Kier alpha value is -2.38. The Morgan fingerprint density at radius 2 is 2.00 bits per heavy atom. The second-order valence-corrected chi connectivity index (χ2v) is 6.80. The van der Waals surface area contributed by atoms with Gasteiger partial charge in [0, 0.05) is 26.7 Å². The molecule has 0 aliphatic carbocycles. The van der Waals surface area contributed by atoms with E-state index in [2.05, 4.69) is 11.9 Å². The van der Waals surface area contributed by atoms with Gasteiger partial charge in [-0.15, -0.1) is 0 Å². The van der Waals surface area contributed by atoms with Crippen molar-refractivity contribution in [2.75, 3.05) is 6.54 Å². The maximum Gasteiger partial charge on any atom is 0.332 e. The largest absolute Gasteiger partial charge is 0.338 e. The van der Waals surface area contributed by atoms with Crippen molar-refractivity contribution in [3.63, 3.8) is 0 Å². The van der Waals surface area contributed by atoms with E-state index in [1.54, 1.807) is 18.5 Å². The number of aromatic nitrogens is 4. The number of carbonyl (C=O) groups is 1. The van der Waals surface area contributed by atoms with E-state index in [1.165, 1.54) is 17.9 Å². The Balaban J connectivity index is 2.06. The van der Waals surface area contributed by atoms with Crippen molar-refractivity contribution in [2.45, 2.75) is 51.6 Å². The van der Waals surface area contributed by atoms with Gasteiger partial charge in [-0.1, -0.05) is 6.92 Å². The molecule has 0 radical (unpaired) electrons. The van der Waals surface area contributed by atoms with Gasteiger partial charge in [-0.2, -0.15) is 0 Å². The van der Waals surface area contributed by atoms with E-state index >= 15 is 0 Å². The van der Waals surface area contributed by atoms with Gasteiger partial charge < -0.3 is 9.47 Å². The number of rotatable bonds is 3. The van der Waals surface area contributed by atoms with Gasteiger partial charge in [0.1, 0.15) is 6.04 Å². The average Bonchev–Trinajstić information content (AvgIpc) is 3.08. The Morgan fingerprint density at radius 1 is 1.28 bits per heavy atom. The molecule has 3 heterocycles. The Bertz CT molecular complexity index is 923. The van der Waals surface area contributed by atoms with E-state index in [-0.39, 0.29) is 17.5 Å². The number of imidazole rings is 1. The monoisotopic (exact) mass is 347 g/mol. The number of hydrogen-bond donors (Lipinski definition) is 0. The lowest BCUT2D eigenvalue weighted by molar-refractivity contribution is -0.138. The molecule has 1 aliphatic heterocycles. The summed E-state index contributed by atoms with van der Waals surface area (Å²) in [6.45, 7) is 4.64. The topological polar surface area (TPSA) is 82.1 Å². The normalized spacial score (nSPS) is 19.4. The summed E-state index contributed by atoms with van der Waals surface area (Å²) in [5.74, 6) is 0.00163. The predicted octanol–water partition coefficient (Wildman–Crippen LogP) is 0.786. The lowest BCUT2D eigenvalue weighted by Crippen LogP contribution is -2.46. The summed E-state index contributed by atoms with van der Waals surface area (Å²) in [5.41, 5.74) is -0.265. The first-order valence-corrected chi connectivity index (χ1v) is 8.81. The molecule has 0 aromatic carbocycles. The minimum absolute atomic E-state index is 0.00163. The van der Waals surface area contributed by atoms with Crippen molar-refractivity contribution < 1.29 is 4.79 Å². The SMILES string of the molecule is CCC1CCCCN1C(=O)C(C)n1cnc2c1c(=O)n(C)c(=O)n2C. The molecule has 8 heteroatoms. The number of nitrogens with zero attached hydrogens (tertiary/aromatic N) is 5. The zero-order chi connectivity index (χ0) is 18.3. The number of fused-ring (bicyclic) bond motifs is 1. The van der Waals surface area contributed by atoms with Crippen LogP contribution in [0.25, 0.3) is 11.2 Å². The van der Waals surface area contributed by atoms with Crippen LogP contribution in [0, 0.1) is 0 Å². The van der Waals surface area contributed by atoms with Gasteiger partial charge in [0.05, 0.1) is 6.33 Å². The molecular weight excluding hydrogens is 322 g/mol. The summed E-state index contributed by atoms with van der Waals surface area (Å²) in [5, 5.41) is 0. The lowest BCUT2D eigenvalue weighted by Gasteiger charge is -2.37. The highest BCUT2D eigenvalue weighted by molar-refractivity contribution is 5.83. The first kappa shape index (κ1) is 17.4. The van der Waals surface area contributed by atoms with Crippen LogP contribution in [0.1, 0.15) is 45.6 Å². The van der Waals surface area contributed by atoms with Gasteiger partial charge in [0.15, 0.2) is 11.2 Å². The quantitative estimate of drug-likeness (QED) is 0.822. The molecule has 0 N–H and O–H groups in total. The van der Waals surface area contributed by atoms with Gasteiger partial charge in [-0.3, -0.25) is 18.7 Å². The van der Waals surface area contributed by atoms with Gasteiger partial charge in [0.25, 0.3) is 5.56 Å². The second-order valence-electron chi connectivity index (χ2n) is 6.80. The maximum atomic E-state index is 13.1. The highest BCUT2D eigenvalue weighted by atomic mass is 16.2. The summed E-state index contributed by atoms with van der Waals surface area (Å²) in [4.78, 5) is 43.8. The predicted molar refractivity (Wildman–Crippen MR) is 94.6 cm³/mol. The van der Waals surface area contributed by atoms with Gasteiger partial charge in [0.2, 0.25) is 5.91 Å². The summed E-state index contributed by atoms with van der Waals surface area (Å²) >= 11 is 0. The fraction of sp³-hybridized carbons (Fsp3) is 0.647. The van der Waals surface area contributed by atoms with Gasteiger partial charge in [-0.05, 0) is 32.6 Å². The lowest BCUT2D eigenvalue weighted by atomic mass is 9.99. The molecule has 1 fully saturated rings. The molecule has 2 aromatic rings. The fourth-order valence-corrected chi connectivity index (χ4v) is 3.73. The third-order valence-electron chi connectivity index (χ3n) is 5.33. The molecule has 0 spiro atoms. The van der Waals surface area contributed by atoms with Gasteiger partial charge >= 0.3 is 5.69 Å². The van der Waals surface area contributed by atoms with Crippen molar-refractivity contribution >= 4 is 17.1 Å². The fourth-order valence-electron chi connectivity index (χ4n) is 3.73. The number of carbonyl (C=O) groups excluding carboxylic acids is 1. The molecule has 0 bridgehead atoms. The molecule has 3 rings (SSSR count). The average molecular weight is 347 g/mol. The first-order chi connectivity index (χ1) is 11.9. The highest BCUT2D eigenvalue weighted by Gasteiger charge is 2.30. The van der Waals surface area contributed by atoms with Crippen LogP contribution in [0.3, 0.4) is 0 Å². The van der Waals surface area contributed by atoms with Crippen molar-refractivity contribution in [3.05, 3.63) is 27.2 Å². The Labute approximate surface area is 145 Å². The van der Waals surface area contributed by atoms with Crippen LogP contribution < -0.4 is 11.2 Å². The summed E-state index contributed by atoms with van der Waals surface area (Å²) in [6.07, 6.45) is 5.59. The number of hydrogen-bond acceptors (Lipinski definition) is 4. The molecule has 1 aliphatic rings. The van der Waals surface area contributed by atoms with E-state index in [0.29, 0.717) is 5.65 Å². The van der Waals surface area contributed by atoms with Crippen LogP contribution in [0.2, 0.25) is 0 Å². The Morgan fingerprint density at radius 3 is 2.68 bits per heavy atom. The van der Waals surface area contributed by atoms with E-state index in [4.69, 9.17) is 0 Å². The second kappa shape index (κ2) is 6.50. The number of piperidine rings is 1. The van der Waals surface area contributed by atoms with Crippen molar-refractivity contribution in [2.24, 2.45) is 14.1 Å². The van der Waals surface area contributed by atoms with Crippen LogP contribution in [0.15, 0.2) is 15.9 Å². The minimum Gasteiger partial charge on any atom is -0.338 e. The molecule has 1 saturated heterocycles. The summed E-state index contributed by atoms with van der Waals surface area (Å²) in [7, 11) is 3.01. The molecule has 1 amide bonds. The van der Waals surface area contributed by atoms with E-state index in [1.807, 2.05) is 4.90 Å². The van der Waals surface area contributed by atoms with Gasteiger partial charge in [-0.25, -0.2) is 9.78 Å². The zero-order valence-corrected chi connectivity index (χ0v) is 15.2. The number of amides is 1. The maximum absolute atomic E-state index is 13.1. The molecule has 136 valence electrons. The van der Waals surface area contributed by atoms with Crippen LogP contribution in [0.5, 0.6) is 0 Å². The van der Waals surface area contributed by atoms with Crippen LogP contribution >= 0.6 is 0 Å². The standard InChI is InChI=1S/C17H25N5O3/c1-5-12-8-6-7-9-21(12)15(23)11(2)22-10-18-14-13(22)16(24)20(4)17(25)19(14)3/h10-12H,5-9H2,1-4H3. The van der Waals surface area contributed by atoms with E-state index in [0.717, 1.165) is 36.8 Å². The van der Waals surface area contributed by atoms with Crippen molar-refractivity contribution in [1.29, 1.82) is 0 Å².